The summed E-state index contributed by atoms with van der Waals surface area (Å²) in [6, 6.07) is 20.9. The Morgan fingerprint density at radius 3 is 2.38 bits per heavy atom. The van der Waals surface area contributed by atoms with Gasteiger partial charge in [-0.3, -0.25) is 4.79 Å². The first-order chi connectivity index (χ1) is 12.6. The molecular weight excluding hydrogens is 346 g/mol. The van der Waals surface area contributed by atoms with Crippen LogP contribution in [0.15, 0.2) is 71.6 Å². The molecule has 0 bridgehead atoms. The van der Waals surface area contributed by atoms with Crippen LogP contribution in [0.25, 0.3) is 10.8 Å². The summed E-state index contributed by atoms with van der Waals surface area (Å²) in [5.41, 5.74) is 6.64. The predicted molar refractivity (Wildman–Crippen MR) is 106 cm³/mol. The largest absolute Gasteiger partial charge is 0.351 e. The highest BCUT2D eigenvalue weighted by molar-refractivity contribution is 8.00. The van der Waals surface area contributed by atoms with Crippen molar-refractivity contribution in [1.82, 2.24) is 5.32 Å². The molecular formula is C20H19N3O2S. The van der Waals surface area contributed by atoms with E-state index in [4.69, 9.17) is 5.73 Å². The van der Waals surface area contributed by atoms with Crippen LogP contribution in [0.1, 0.15) is 5.56 Å². The van der Waals surface area contributed by atoms with Crippen molar-refractivity contribution in [1.29, 1.82) is 0 Å². The van der Waals surface area contributed by atoms with Crippen LogP contribution in [0.5, 0.6) is 0 Å². The van der Waals surface area contributed by atoms with Gasteiger partial charge in [0.2, 0.25) is 5.91 Å². The number of amides is 3. The van der Waals surface area contributed by atoms with E-state index in [0.29, 0.717) is 18.0 Å². The number of fused-ring (bicyclic) bond motifs is 1. The lowest BCUT2D eigenvalue weighted by Gasteiger charge is -2.07. The van der Waals surface area contributed by atoms with E-state index >= 15 is 0 Å². The molecule has 6 heteroatoms. The Bertz CT molecular complexity index is 926. The van der Waals surface area contributed by atoms with Gasteiger partial charge in [-0.2, -0.15) is 0 Å². The summed E-state index contributed by atoms with van der Waals surface area (Å²) in [6.45, 7) is 0.438. The van der Waals surface area contributed by atoms with E-state index in [-0.39, 0.29) is 5.91 Å². The number of anilines is 1. The number of benzene rings is 3. The molecule has 0 aliphatic carbocycles. The second-order valence-electron chi connectivity index (χ2n) is 5.76. The van der Waals surface area contributed by atoms with Gasteiger partial charge in [0.05, 0.1) is 5.75 Å². The van der Waals surface area contributed by atoms with Crippen LogP contribution in [0.3, 0.4) is 0 Å². The smallest absolute Gasteiger partial charge is 0.316 e. The monoisotopic (exact) mass is 365 g/mol. The van der Waals surface area contributed by atoms with Crippen molar-refractivity contribution in [3.05, 3.63) is 72.3 Å². The molecule has 0 spiro atoms. The van der Waals surface area contributed by atoms with Crippen LogP contribution >= 0.6 is 11.8 Å². The van der Waals surface area contributed by atoms with Crippen molar-refractivity contribution in [2.45, 2.75) is 11.4 Å². The summed E-state index contributed by atoms with van der Waals surface area (Å²) in [5.74, 6) is 0.335. The maximum atomic E-state index is 12.1. The molecule has 3 aromatic rings. The zero-order chi connectivity index (χ0) is 18.4. The molecule has 0 saturated heterocycles. The van der Waals surface area contributed by atoms with Crippen LogP contribution in [0, 0.1) is 0 Å². The van der Waals surface area contributed by atoms with Gasteiger partial charge < -0.3 is 16.4 Å². The molecule has 0 fully saturated rings. The van der Waals surface area contributed by atoms with Gasteiger partial charge >= 0.3 is 6.03 Å². The normalized spacial score (nSPS) is 10.5. The fraction of sp³-hybridized carbons (Fsp3) is 0.100. The molecule has 0 saturated carbocycles. The highest BCUT2D eigenvalue weighted by Gasteiger charge is 2.04. The Morgan fingerprint density at radius 1 is 0.923 bits per heavy atom. The van der Waals surface area contributed by atoms with Crippen LogP contribution < -0.4 is 16.4 Å². The number of carbonyl (C=O) groups excluding carboxylic acids is 2. The average Bonchev–Trinajstić information content (AvgIpc) is 2.65. The number of primary amides is 1. The van der Waals surface area contributed by atoms with Crippen LogP contribution in [-0.4, -0.2) is 17.7 Å². The van der Waals surface area contributed by atoms with Crippen LogP contribution in [0.2, 0.25) is 0 Å². The lowest BCUT2D eigenvalue weighted by molar-refractivity contribution is -0.118. The first-order valence-corrected chi connectivity index (χ1v) is 9.12. The number of nitrogens with two attached hydrogens (primary N) is 1. The molecule has 3 aromatic carbocycles. The molecule has 0 aromatic heterocycles. The molecule has 0 radical (unpaired) electrons. The van der Waals surface area contributed by atoms with Crippen LogP contribution in [-0.2, 0) is 11.3 Å². The van der Waals surface area contributed by atoms with Crippen molar-refractivity contribution in [3.63, 3.8) is 0 Å². The van der Waals surface area contributed by atoms with Gasteiger partial charge in [-0.15, -0.1) is 11.8 Å². The number of hydrogen-bond acceptors (Lipinski definition) is 3. The lowest BCUT2D eigenvalue weighted by atomic mass is 10.1. The molecule has 0 heterocycles. The van der Waals surface area contributed by atoms with Crippen LogP contribution in [0.4, 0.5) is 10.5 Å². The van der Waals surface area contributed by atoms with Crippen molar-refractivity contribution in [2.75, 3.05) is 11.1 Å². The maximum Gasteiger partial charge on any atom is 0.316 e. The van der Waals surface area contributed by atoms with E-state index in [1.165, 1.54) is 22.5 Å². The molecule has 3 rings (SSSR count). The number of carbonyl (C=O) groups is 2. The summed E-state index contributed by atoms with van der Waals surface area (Å²) in [6.07, 6.45) is 0. The maximum absolute atomic E-state index is 12.1. The minimum atomic E-state index is -0.600. The Labute approximate surface area is 156 Å². The molecule has 3 amide bonds. The van der Waals surface area contributed by atoms with E-state index < -0.39 is 6.03 Å². The van der Waals surface area contributed by atoms with E-state index in [1.54, 1.807) is 12.1 Å². The summed E-state index contributed by atoms with van der Waals surface area (Å²) < 4.78 is 0. The lowest BCUT2D eigenvalue weighted by Crippen LogP contribution is -2.24. The average molecular weight is 365 g/mol. The van der Waals surface area contributed by atoms with Crippen molar-refractivity contribution in [3.8, 4) is 0 Å². The highest BCUT2D eigenvalue weighted by atomic mass is 32.2. The SMILES string of the molecule is NC(=O)Nc1ccc(CNC(=O)CSc2ccc3ccccc3c2)cc1. The Morgan fingerprint density at radius 2 is 1.65 bits per heavy atom. The molecule has 0 aliphatic rings. The Kier molecular flexibility index (Phi) is 5.76. The van der Waals surface area contributed by atoms with Gasteiger partial charge in [0.1, 0.15) is 0 Å². The fourth-order valence-corrected chi connectivity index (χ4v) is 3.28. The van der Waals surface area contributed by atoms with Gasteiger partial charge in [0.25, 0.3) is 0 Å². The van der Waals surface area contributed by atoms with Gasteiger partial charge in [0.15, 0.2) is 0 Å². The first-order valence-electron chi connectivity index (χ1n) is 8.14. The first kappa shape index (κ1) is 17.8. The van der Waals surface area contributed by atoms with Gasteiger partial charge in [-0.1, -0.05) is 42.5 Å². The zero-order valence-electron chi connectivity index (χ0n) is 14.1. The second-order valence-corrected chi connectivity index (χ2v) is 6.81. The topological polar surface area (TPSA) is 84.2 Å². The van der Waals surface area contributed by atoms with E-state index in [1.807, 2.05) is 30.3 Å². The summed E-state index contributed by atoms with van der Waals surface area (Å²) in [7, 11) is 0. The fourth-order valence-electron chi connectivity index (χ4n) is 2.51. The van der Waals surface area contributed by atoms with E-state index in [9.17, 15) is 9.59 Å². The molecule has 5 nitrogen and oxygen atoms in total. The molecule has 4 N–H and O–H groups in total. The Hall–Kier alpha value is -2.99. The molecule has 132 valence electrons. The third-order valence-corrected chi connectivity index (χ3v) is 4.80. The van der Waals surface area contributed by atoms with E-state index in [0.717, 1.165) is 10.5 Å². The number of rotatable bonds is 6. The summed E-state index contributed by atoms with van der Waals surface area (Å²) >= 11 is 1.51. The Balaban J connectivity index is 1.48. The third-order valence-electron chi connectivity index (χ3n) is 3.80. The quantitative estimate of drug-likeness (QED) is 0.582. The van der Waals surface area contributed by atoms with Gasteiger partial charge in [0, 0.05) is 17.1 Å². The molecule has 0 unspecified atom stereocenters. The number of hydrogen-bond donors (Lipinski definition) is 3. The zero-order valence-corrected chi connectivity index (χ0v) is 14.9. The summed E-state index contributed by atoms with van der Waals surface area (Å²) in [5, 5.41) is 7.75. The standard InChI is InChI=1S/C20H19N3O2S/c21-20(25)23-17-8-5-14(6-9-17)12-22-19(24)13-26-18-10-7-15-3-1-2-4-16(15)11-18/h1-11H,12-13H2,(H,22,24)(H3,21,23,25). The minimum Gasteiger partial charge on any atom is -0.351 e. The predicted octanol–water partition coefficient (Wildman–Crippen LogP) is 3.74. The minimum absolute atomic E-state index is 0.0255. The molecule has 26 heavy (non-hydrogen) atoms. The molecule has 0 aliphatic heterocycles. The van der Waals surface area contributed by atoms with Crippen molar-refractivity contribution < 1.29 is 9.59 Å². The highest BCUT2D eigenvalue weighted by Crippen LogP contribution is 2.23. The number of nitrogens with one attached hydrogen (secondary N) is 2. The number of urea groups is 1. The number of thioether (sulfide) groups is 1. The van der Waals surface area contributed by atoms with E-state index in [2.05, 4.69) is 34.9 Å². The summed E-state index contributed by atoms with van der Waals surface area (Å²) in [4.78, 5) is 23.9. The van der Waals surface area contributed by atoms with Gasteiger partial charge in [-0.25, -0.2) is 4.79 Å². The van der Waals surface area contributed by atoms with Crippen molar-refractivity contribution in [2.24, 2.45) is 5.73 Å². The second kappa shape index (κ2) is 8.40. The third kappa shape index (κ3) is 5.00. The van der Waals surface area contributed by atoms with Crippen molar-refractivity contribution >= 4 is 40.2 Å². The molecule has 0 atom stereocenters. The van der Waals surface area contributed by atoms with Gasteiger partial charge in [-0.05, 0) is 40.6 Å².